The van der Waals surface area contributed by atoms with Crippen molar-refractivity contribution in [2.24, 2.45) is 0 Å². The number of nitro groups is 1. The number of methoxy groups -OCH3 is 1. The van der Waals surface area contributed by atoms with E-state index in [-0.39, 0.29) is 16.9 Å². The molecule has 2 aromatic carbocycles. The lowest BCUT2D eigenvalue weighted by Crippen LogP contribution is -2.32. The van der Waals surface area contributed by atoms with Crippen LogP contribution < -0.4 is 15.4 Å². The van der Waals surface area contributed by atoms with Crippen LogP contribution in [0.4, 0.5) is 11.4 Å². The molecule has 0 saturated heterocycles. The highest BCUT2D eigenvalue weighted by molar-refractivity contribution is 7.98. The quantitative estimate of drug-likeness (QED) is 0.279. The molecule has 29 heavy (non-hydrogen) atoms. The van der Waals surface area contributed by atoms with Crippen LogP contribution in [0.25, 0.3) is 0 Å². The lowest BCUT2D eigenvalue weighted by atomic mass is 9.84. The summed E-state index contributed by atoms with van der Waals surface area (Å²) in [4.78, 5) is 35.3. The van der Waals surface area contributed by atoms with E-state index < -0.39 is 16.2 Å². The van der Waals surface area contributed by atoms with Gasteiger partial charge in [0.2, 0.25) is 6.41 Å². The summed E-state index contributed by atoms with van der Waals surface area (Å²) in [6.07, 6.45) is 2.47. The Morgan fingerprint density at radius 1 is 1.28 bits per heavy atom. The van der Waals surface area contributed by atoms with Crippen LogP contribution in [0.2, 0.25) is 0 Å². The van der Waals surface area contributed by atoms with Gasteiger partial charge in [-0.3, -0.25) is 19.7 Å². The molecule has 0 bridgehead atoms. The van der Waals surface area contributed by atoms with Gasteiger partial charge in [0.25, 0.3) is 11.6 Å². The molecule has 0 spiro atoms. The Kier molecular flexibility index (Phi) is 7.22. The fourth-order valence-electron chi connectivity index (χ4n) is 2.79. The van der Waals surface area contributed by atoms with Gasteiger partial charge in [-0.15, -0.1) is 11.8 Å². The molecule has 154 valence electrons. The van der Waals surface area contributed by atoms with Crippen LogP contribution in [0.3, 0.4) is 0 Å². The summed E-state index contributed by atoms with van der Waals surface area (Å²) >= 11 is 1.47. The third kappa shape index (κ3) is 5.26. The average molecular weight is 417 g/mol. The second-order valence-electron chi connectivity index (χ2n) is 6.89. The lowest BCUT2D eigenvalue weighted by molar-refractivity contribution is -0.384. The predicted molar refractivity (Wildman–Crippen MR) is 113 cm³/mol. The summed E-state index contributed by atoms with van der Waals surface area (Å²) in [5.41, 5.74) is 0.283. The molecule has 0 saturated carbocycles. The fraction of sp³-hybridized carbons (Fsp3) is 0.300. The van der Waals surface area contributed by atoms with Crippen molar-refractivity contribution in [2.75, 3.05) is 25.2 Å². The van der Waals surface area contributed by atoms with Gasteiger partial charge in [0.15, 0.2) is 0 Å². The lowest BCUT2D eigenvalue weighted by Gasteiger charge is -2.24. The van der Waals surface area contributed by atoms with E-state index in [1.54, 1.807) is 18.2 Å². The smallest absolute Gasteiger partial charge is 0.293 e. The summed E-state index contributed by atoms with van der Waals surface area (Å²) in [7, 11) is 1.46. The molecule has 9 heteroatoms. The second kappa shape index (κ2) is 9.42. The Morgan fingerprint density at radius 2 is 2.00 bits per heavy atom. The van der Waals surface area contributed by atoms with Crippen molar-refractivity contribution in [1.82, 2.24) is 5.32 Å². The van der Waals surface area contributed by atoms with Crippen molar-refractivity contribution < 1.29 is 19.2 Å². The molecule has 0 heterocycles. The number of nitro benzene ring substituents is 1. The van der Waals surface area contributed by atoms with Crippen molar-refractivity contribution in [3.63, 3.8) is 0 Å². The number of hydrogen-bond donors (Lipinski definition) is 2. The number of nitrogens with zero attached hydrogens (tertiary/aromatic N) is 1. The summed E-state index contributed by atoms with van der Waals surface area (Å²) < 4.78 is 5.24. The fourth-order valence-corrected chi connectivity index (χ4v) is 3.23. The second-order valence-corrected chi connectivity index (χ2v) is 7.77. The summed E-state index contributed by atoms with van der Waals surface area (Å²) in [6.45, 7) is 4.04. The molecule has 2 amide bonds. The highest BCUT2D eigenvalue weighted by atomic mass is 32.2. The molecule has 0 fully saturated rings. The van der Waals surface area contributed by atoms with E-state index in [0.717, 1.165) is 4.90 Å². The number of carbonyl (C=O) groups excluding carboxylic acids is 2. The maximum Gasteiger partial charge on any atom is 0.293 e. The third-order valence-electron chi connectivity index (χ3n) is 4.50. The Balaban J connectivity index is 2.39. The van der Waals surface area contributed by atoms with Gasteiger partial charge in [0, 0.05) is 22.9 Å². The topological polar surface area (TPSA) is 111 Å². The first-order valence-electron chi connectivity index (χ1n) is 8.73. The van der Waals surface area contributed by atoms with Crippen molar-refractivity contribution >= 4 is 35.5 Å². The number of nitrogens with one attached hydrogen (secondary N) is 2. The van der Waals surface area contributed by atoms with Gasteiger partial charge in [0.05, 0.1) is 17.6 Å². The van der Waals surface area contributed by atoms with E-state index in [0.29, 0.717) is 24.3 Å². The van der Waals surface area contributed by atoms with Gasteiger partial charge >= 0.3 is 0 Å². The minimum atomic E-state index is -0.544. The van der Waals surface area contributed by atoms with E-state index in [9.17, 15) is 19.7 Å². The van der Waals surface area contributed by atoms with Crippen LogP contribution >= 0.6 is 11.8 Å². The maximum absolute atomic E-state index is 12.8. The summed E-state index contributed by atoms with van der Waals surface area (Å²) in [5, 5.41) is 16.8. The molecular formula is C20H23N3O5S. The minimum absolute atomic E-state index is 0.0829. The first kappa shape index (κ1) is 22.2. The number of benzene rings is 2. The largest absolute Gasteiger partial charge is 0.496 e. The molecule has 8 nitrogen and oxygen atoms in total. The molecule has 0 aliphatic carbocycles. The molecule has 0 radical (unpaired) electrons. The van der Waals surface area contributed by atoms with Crippen LogP contribution in [-0.2, 0) is 10.2 Å². The monoisotopic (exact) mass is 417 g/mol. The SMILES string of the molecule is COc1ccc(SC)cc1C(=O)Nc1ccc(C(C)(C)CNC=O)cc1[N+](=O)[O-]. The van der Waals surface area contributed by atoms with E-state index >= 15 is 0 Å². The highest BCUT2D eigenvalue weighted by Gasteiger charge is 2.26. The van der Waals surface area contributed by atoms with Gasteiger partial charge in [-0.2, -0.15) is 0 Å². The molecule has 0 aliphatic rings. The molecule has 2 aromatic rings. The maximum atomic E-state index is 12.8. The van der Waals surface area contributed by atoms with Crippen molar-refractivity contribution in [1.29, 1.82) is 0 Å². The molecule has 0 atom stereocenters. The Labute approximate surface area is 173 Å². The normalized spacial score (nSPS) is 10.9. The van der Waals surface area contributed by atoms with Gasteiger partial charge in [-0.05, 0) is 36.1 Å². The van der Waals surface area contributed by atoms with Gasteiger partial charge in [0.1, 0.15) is 11.4 Å². The first-order chi connectivity index (χ1) is 13.7. The Morgan fingerprint density at radius 3 is 2.59 bits per heavy atom. The first-order valence-corrected chi connectivity index (χ1v) is 9.95. The van der Waals surface area contributed by atoms with Crippen LogP contribution in [0, 0.1) is 10.1 Å². The molecular weight excluding hydrogens is 394 g/mol. The van der Waals surface area contributed by atoms with E-state index in [2.05, 4.69) is 10.6 Å². The third-order valence-corrected chi connectivity index (χ3v) is 5.23. The molecule has 0 aromatic heterocycles. The number of rotatable bonds is 9. The number of amides is 2. The van der Waals surface area contributed by atoms with Gasteiger partial charge in [-0.1, -0.05) is 19.9 Å². The van der Waals surface area contributed by atoms with Crippen LogP contribution in [0.1, 0.15) is 29.8 Å². The van der Waals surface area contributed by atoms with Crippen molar-refractivity contribution in [3.05, 3.63) is 57.6 Å². The zero-order valence-corrected chi connectivity index (χ0v) is 17.5. The predicted octanol–water partition coefficient (Wildman–Crippen LogP) is 3.60. The number of hydrogen-bond acceptors (Lipinski definition) is 6. The average Bonchev–Trinajstić information content (AvgIpc) is 2.71. The van der Waals surface area contributed by atoms with Gasteiger partial charge < -0.3 is 15.4 Å². The zero-order valence-electron chi connectivity index (χ0n) is 16.6. The number of anilines is 1. The summed E-state index contributed by atoms with van der Waals surface area (Å²) in [5.74, 6) is -0.129. The zero-order chi connectivity index (χ0) is 21.6. The standard InChI is InChI=1S/C20H23N3O5S/c1-20(2,11-21-12-24)13-5-7-16(17(9-13)23(26)27)22-19(25)15-10-14(29-4)6-8-18(15)28-3/h5-10,12H,11H2,1-4H3,(H,21,24)(H,22,25). The van der Waals surface area contributed by atoms with Crippen LogP contribution in [-0.4, -0.2) is 37.2 Å². The highest BCUT2D eigenvalue weighted by Crippen LogP contribution is 2.33. The number of carbonyl (C=O) groups is 2. The molecule has 0 unspecified atom stereocenters. The Hall–Kier alpha value is -3.07. The van der Waals surface area contributed by atoms with E-state index in [1.165, 1.54) is 31.0 Å². The molecule has 2 rings (SSSR count). The number of thioether (sulfide) groups is 1. The summed E-state index contributed by atoms with van der Waals surface area (Å²) in [6, 6.07) is 9.79. The van der Waals surface area contributed by atoms with Crippen LogP contribution in [0.15, 0.2) is 41.3 Å². The molecule has 0 aliphatic heterocycles. The Bertz CT molecular complexity index is 930. The van der Waals surface area contributed by atoms with Crippen molar-refractivity contribution in [3.8, 4) is 5.75 Å². The van der Waals surface area contributed by atoms with E-state index in [4.69, 9.17) is 4.74 Å². The van der Waals surface area contributed by atoms with Crippen LogP contribution in [0.5, 0.6) is 5.75 Å². The molecule has 2 N–H and O–H groups in total. The number of ether oxygens (including phenoxy) is 1. The van der Waals surface area contributed by atoms with Crippen molar-refractivity contribution in [2.45, 2.75) is 24.2 Å². The van der Waals surface area contributed by atoms with Gasteiger partial charge in [-0.25, -0.2) is 0 Å². The van der Waals surface area contributed by atoms with E-state index in [1.807, 2.05) is 26.2 Å². The minimum Gasteiger partial charge on any atom is -0.496 e.